The molecule has 1 aromatic carbocycles. The molecule has 0 radical (unpaired) electrons. The lowest BCUT2D eigenvalue weighted by Gasteiger charge is -2.16. The standard InChI is InChI=1S/C12H13N/c1-3-10-6-4-5-7-11(10)12(13-2)8-9-12/h1,4-7,13H,8-9H2,2H3. The minimum Gasteiger partial charge on any atom is -0.310 e. The third-order valence-electron chi connectivity index (χ3n) is 2.83. The van der Waals surface area contributed by atoms with Gasteiger partial charge in [0.15, 0.2) is 0 Å². The quantitative estimate of drug-likeness (QED) is 0.670. The van der Waals surface area contributed by atoms with E-state index < -0.39 is 0 Å². The molecule has 1 nitrogen and oxygen atoms in total. The molecule has 1 heteroatoms. The molecular formula is C12H13N. The summed E-state index contributed by atoms with van der Waals surface area (Å²) in [5.74, 6) is 2.74. The molecule has 0 unspecified atom stereocenters. The molecule has 1 saturated carbocycles. The van der Waals surface area contributed by atoms with Crippen LogP contribution in [-0.4, -0.2) is 7.05 Å². The SMILES string of the molecule is C#Cc1ccccc1C1(NC)CC1. The van der Waals surface area contributed by atoms with Gasteiger partial charge >= 0.3 is 0 Å². The van der Waals surface area contributed by atoms with Crippen LogP contribution in [0.1, 0.15) is 24.0 Å². The summed E-state index contributed by atoms with van der Waals surface area (Å²) in [7, 11) is 2.00. The van der Waals surface area contributed by atoms with Crippen molar-refractivity contribution in [3.8, 4) is 12.3 Å². The first kappa shape index (κ1) is 8.34. The summed E-state index contributed by atoms with van der Waals surface area (Å²) in [6.45, 7) is 0. The lowest BCUT2D eigenvalue weighted by molar-refractivity contribution is 0.584. The summed E-state index contributed by atoms with van der Waals surface area (Å²) < 4.78 is 0. The van der Waals surface area contributed by atoms with Gasteiger partial charge in [0.25, 0.3) is 0 Å². The van der Waals surface area contributed by atoms with Crippen LogP contribution in [0.15, 0.2) is 24.3 Å². The smallest absolute Gasteiger partial charge is 0.0446 e. The summed E-state index contributed by atoms with van der Waals surface area (Å²) in [5.41, 5.74) is 2.48. The first-order valence-corrected chi connectivity index (χ1v) is 4.57. The van der Waals surface area contributed by atoms with Gasteiger partial charge in [0.05, 0.1) is 0 Å². The predicted molar refractivity (Wildman–Crippen MR) is 54.3 cm³/mol. The molecule has 13 heavy (non-hydrogen) atoms. The molecule has 1 fully saturated rings. The summed E-state index contributed by atoms with van der Waals surface area (Å²) in [4.78, 5) is 0. The lowest BCUT2D eigenvalue weighted by Crippen LogP contribution is -2.25. The third kappa shape index (κ3) is 1.24. The summed E-state index contributed by atoms with van der Waals surface area (Å²) in [5, 5.41) is 3.35. The van der Waals surface area contributed by atoms with Crippen LogP contribution < -0.4 is 5.32 Å². The molecule has 0 amide bonds. The highest BCUT2D eigenvalue weighted by molar-refractivity contribution is 5.46. The van der Waals surface area contributed by atoms with Gasteiger partial charge in [-0.1, -0.05) is 24.1 Å². The van der Waals surface area contributed by atoms with Gasteiger partial charge in [-0.2, -0.15) is 0 Å². The van der Waals surface area contributed by atoms with Crippen LogP contribution in [0, 0.1) is 12.3 Å². The number of hydrogen-bond acceptors (Lipinski definition) is 1. The Hall–Kier alpha value is -1.26. The van der Waals surface area contributed by atoms with Crippen LogP contribution >= 0.6 is 0 Å². The van der Waals surface area contributed by atoms with Crippen LogP contribution in [0.3, 0.4) is 0 Å². The summed E-state index contributed by atoms with van der Waals surface area (Å²) in [6.07, 6.45) is 7.85. The lowest BCUT2D eigenvalue weighted by atomic mass is 9.99. The van der Waals surface area contributed by atoms with Crippen molar-refractivity contribution in [1.29, 1.82) is 0 Å². The number of rotatable bonds is 2. The predicted octanol–water partition coefficient (Wildman–Crippen LogP) is 1.88. The fourth-order valence-electron chi connectivity index (χ4n) is 1.81. The molecule has 0 heterocycles. The fourth-order valence-corrected chi connectivity index (χ4v) is 1.81. The van der Waals surface area contributed by atoms with E-state index in [1.165, 1.54) is 18.4 Å². The van der Waals surface area contributed by atoms with Gasteiger partial charge in [0, 0.05) is 11.1 Å². The van der Waals surface area contributed by atoms with Gasteiger partial charge in [-0.15, -0.1) is 6.42 Å². The van der Waals surface area contributed by atoms with Crippen LogP contribution in [-0.2, 0) is 5.54 Å². The van der Waals surface area contributed by atoms with E-state index in [1.54, 1.807) is 0 Å². The van der Waals surface area contributed by atoms with Gasteiger partial charge in [0.1, 0.15) is 0 Å². The van der Waals surface area contributed by atoms with Crippen molar-refractivity contribution in [2.75, 3.05) is 7.05 Å². The second-order valence-electron chi connectivity index (χ2n) is 3.52. The van der Waals surface area contributed by atoms with Crippen LogP contribution in [0.2, 0.25) is 0 Å². The Balaban J connectivity index is 2.46. The molecule has 1 aliphatic carbocycles. The van der Waals surface area contributed by atoms with Crippen LogP contribution in [0.5, 0.6) is 0 Å². The topological polar surface area (TPSA) is 12.0 Å². The van der Waals surface area contributed by atoms with E-state index in [0.29, 0.717) is 0 Å². The van der Waals surface area contributed by atoms with Gasteiger partial charge in [0.2, 0.25) is 0 Å². The molecule has 0 spiro atoms. The fraction of sp³-hybridized carbons (Fsp3) is 0.333. The van der Waals surface area contributed by atoms with Crippen molar-refractivity contribution in [3.63, 3.8) is 0 Å². The number of hydrogen-bond donors (Lipinski definition) is 1. The highest BCUT2D eigenvalue weighted by atomic mass is 15.0. The Morgan fingerprint density at radius 1 is 1.38 bits per heavy atom. The van der Waals surface area contributed by atoms with E-state index in [0.717, 1.165) is 5.56 Å². The van der Waals surface area contributed by atoms with E-state index >= 15 is 0 Å². The minimum absolute atomic E-state index is 0.183. The van der Waals surface area contributed by atoms with Crippen LogP contribution in [0.25, 0.3) is 0 Å². The van der Waals surface area contributed by atoms with Crippen molar-refractivity contribution >= 4 is 0 Å². The molecule has 0 aromatic heterocycles. The second kappa shape index (κ2) is 2.90. The second-order valence-corrected chi connectivity index (χ2v) is 3.52. The number of terminal acetylenes is 1. The number of nitrogens with one attached hydrogen (secondary N) is 1. The monoisotopic (exact) mass is 171 g/mol. The first-order valence-electron chi connectivity index (χ1n) is 4.57. The maximum absolute atomic E-state index is 5.45. The normalized spacial score (nSPS) is 17.8. The summed E-state index contributed by atoms with van der Waals surface area (Å²) in [6, 6.07) is 8.17. The van der Waals surface area contributed by atoms with Crippen molar-refractivity contribution in [2.45, 2.75) is 18.4 Å². The molecule has 0 bridgehead atoms. The zero-order valence-electron chi connectivity index (χ0n) is 7.80. The highest BCUT2D eigenvalue weighted by Crippen LogP contribution is 2.46. The van der Waals surface area contributed by atoms with Gasteiger partial charge < -0.3 is 5.32 Å². The van der Waals surface area contributed by atoms with E-state index in [1.807, 2.05) is 25.2 Å². The molecule has 0 aliphatic heterocycles. The highest BCUT2D eigenvalue weighted by Gasteiger charge is 2.43. The van der Waals surface area contributed by atoms with E-state index in [2.05, 4.69) is 17.3 Å². The largest absolute Gasteiger partial charge is 0.310 e. The average molecular weight is 171 g/mol. The number of benzene rings is 1. The van der Waals surface area contributed by atoms with Gasteiger partial charge in [-0.05, 0) is 31.5 Å². The van der Waals surface area contributed by atoms with Gasteiger partial charge in [-0.25, -0.2) is 0 Å². The maximum Gasteiger partial charge on any atom is 0.0446 e. The Labute approximate surface area is 79.2 Å². The zero-order chi connectivity index (χ0) is 9.31. The molecule has 1 aromatic rings. The van der Waals surface area contributed by atoms with E-state index in [-0.39, 0.29) is 5.54 Å². The molecule has 0 saturated heterocycles. The van der Waals surface area contributed by atoms with E-state index in [9.17, 15) is 0 Å². The molecular weight excluding hydrogens is 158 g/mol. The van der Waals surface area contributed by atoms with Gasteiger partial charge in [-0.3, -0.25) is 0 Å². The van der Waals surface area contributed by atoms with Crippen molar-refractivity contribution in [2.24, 2.45) is 0 Å². The molecule has 1 aliphatic rings. The Kier molecular flexibility index (Phi) is 1.86. The third-order valence-corrected chi connectivity index (χ3v) is 2.83. The molecule has 2 rings (SSSR count). The first-order chi connectivity index (χ1) is 6.32. The Bertz CT molecular complexity index is 356. The molecule has 0 atom stereocenters. The average Bonchev–Trinajstić information content (AvgIpc) is 2.98. The van der Waals surface area contributed by atoms with Crippen molar-refractivity contribution < 1.29 is 0 Å². The van der Waals surface area contributed by atoms with E-state index in [4.69, 9.17) is 6.42 Å². The van der Waals surface area contributed by atoms with Crippen molar-refractivity contribution in [3.05, 3.63) is 35.4 Å². The minimum atomic E-state index is 0.183. The molecule has 66 valence electrons. The maximum atomic E-state index is 5.45. The van der Waals surface area contributed by atoms with Crippen LogP contribution in [0.4, 0.5) is 0 Å². The molecule has 1 N–H and O–H groups in total. The Morgan fingerprint density at radius 3 is 2.62 bits per heavy atom. The summed E-state index contributed by atoms with van der Waals surface area (Å²) >= 11 is 0. The Morgan fingerprint density at radius 2 is 2.08 bits per heavy atom. The zero-order valence-corrected chi connectivity index (χ0v) is 7.80. The van der Waals surface area contributed by atoms with Crippen molar-refractivity contribution in [1.82, 2.24) is 5.32 Å².